The lowest BCUT2D eigenvalue weighted by atomic mass is 9.95. The molecule has 0 spiro atoms. The molecule has 3 unspecified atom stereocenters. The van der Waals surface area contributed by atoms with E-state index in [9.17, 15) is 0 Å². The lowest BCUT2D eigenvalue weighted by Crippen LogP contribution is -2.44. The van der Waals surface area contributed by atoms with E-state index in [2.05, 4.69) is 31.0 Å². The number of nitrogens with zero attached hydrogens (tertiary/aromatic N) is 1. The highest BCUT2D eigenvalue weighted by Gasteiger charge is 2.30. The van der Waals surface area contributed by atoms with E-state index < -0.39 is 0 Å². The zero-order valence-corrected chi connectivity index (χ0v) is 12.7. The van der Waals surface area contributed by atoms with Crippen LogP contribution < -0.4 is 10.5 Å². The highest BCUT2D eigenvalue weighted by Crippen LogP contribution is 2.29. The van der Waals surface area contributed by atoms with E-state index in [0.29, 0.717) is 6.04 Å². The fourth-order valence-electron chi connectivity index (χ4n) is 2.88. The van der Waals surface area contributed by atoms with E-state index in [-0.39, 0.29) is 12.1 Å². The van der Waals surface area contributed by atoms with Crippen molar-refractivity contribution in [3.63, 3.8) is 0 Å². The molecule has 1 aliphatic rings. The van der Waals surface area contributed by atoms with Crippen molar-refractivity contribution < 1.29 is 9.47 Å². The molecule has 4 nitrogen and oxygen atoms in total. The molecule has 0 radical (unpaired) electrons. The van der Waals surface area contributed by atoms with Crippen LogP contribution in [-0.4, -0.2) is 44.4 Å². The molecule has 4 heteroatoms. The Balaban J connectivity index is 2.21. The minimum atomic E-state index is 0.119. The summed E-state index contributed by atoms with van der Waals surface area (Å²) in [6.45, 7) is 3.80. The van der Waals surface area contributed by atoms with Crippen molar-refractivity contribution in [1.82, 2.24) is 4.90 Å². The first-order valence-corrected chi connectivity index (χ1v) is 7.36. The third-order valence-electron chi connectivity index (χ3n) is 4.25. The number of likely N-dealkylation sites (N-methyl/N-ethyl adjacent to an activating group) is 1. The molecule has 0 saturated carbocycles. The molecule has 2 rings (SSSR count). The Kier molecular flexibility index (Phi) is 5.40. The Morgan fingerprint density at radius 1 is 1.40 bits per heavy atom. The minimum Gasteiger partial charge on any atom is -0.497 e. The quantitative estimate of drug-likeness (QED) is 0.866. The summed E-state index contributed by atoms with van der Waals surface area (Å²) < 4.78 is 10.7. The fraction of sp³-hybridized carbons (Fsp3) is 0.625. The molecule has 0 aliphatic carbocycles. The second-order valence-electron chi connectivity index (χ2n) is 5.47. The number of methoxy groups -OCH3 is 1. The van der Waals surface area contributed by atoms with Gasteiger partial charge in [0.25, 0.3) is 0 Å². The van der Waals surface area contributed by atoms with E-state index in [1.54, 1.807) is 7.11 Å². The molecule has 3 atom stereocenters. The van der Waals surface area contributed by atoms with Gasteiger partial charge in [0.2, 0.25) is 0 Å². The van der Waals surface area contributed by atoms with Gasteiger partial charge in [0.05, 0.1) is 13.7 Å². The second-order valence-corrected chi connectivity index (χ2v) is 5.47. The van der Waals surface area contributed by atoms with E-state index in [0.717, 1.165) is 31.8 Å². The second kappa shape index (κ2) is 7.07. The molecule has 0 amide bonds. The molecule has 1 saturated heterocycles. The number of hydrogen-bond donors (Lipinski definition) is 1. The average Bonchev–Trinajstić information content (AvgIpc) is 3.02. The van der Waals surface area contributed by atoms with E-state index in [4.69, 9.17) is 15.2 Å². The monoisotopic (exact) mass is 278 g/mol. The van der Waals surface area contributed by atoms with Crippen LogP contribution in [0.3, 0.4) is 0 Å². The molecule has 1 heterocycles. The highest BCUT2D eigenvalue weighted by molar-refractivity contribution is 5.30. The number of benzene rings is 1. The van der Waals surface area contributed by atoms with Crippen LogP contribution in [0.2, 0.25) is 0 Å². The van der Waals surface area contributed by atoms with Gasteiger partial charge in [-0.05, 0) is 37.6 Å². The maximum absolute atomic E-state index is 6.37. The van der Waals surface area contributed by atoms with Crippen molar-refractivity contribution in [2.45, 2.75) is 37.9 Å². The Hall–Kier alpha value is -1.10. The first kappa shape index (κ1) is 15.3. The third kappa shape index (κ3) is 3.32. The summed E-state index contributed by atoms with van der Waals surface area (Å²) in [5, 5.41) is 0. The summed E-state index contributed by atoms with van der Waals surface area (Å²) in [6.07, 6.45) is 2.04. The lowest BCUT2D eigenvalue weighted by Gasteiger charge is -2.36. The van der Waals surface area contributed by atoms with Crippen LogP contribution >= 0.6 is 0 Å². The maximum Gasteiger partial charge on any atom is 0.118 e. The van der Waals surface area contributed by atoms with Gasteiger partial charge in [-0.3, -0.25) is 4.90 Å². The smallest absolute Gasteiger partial charge is 0.118 e. The van der Waals surface area contributed by atoms with Crippen LogP contribution in [0.1, 0.15) is 31.4 Å². The van der Waals surface area contributed by atoms with Crippen LogP contribution in [0, 0.1) is 0 Å². The molecule has 0 bridgehead atoms. The van der Waals surface area contributed by atoms with E-state index in [1.807, 2.05) is 12.1 Å². The number of ether oxygens (including phenoxy) is 2. The van der Waals surface area contributed by atoms with Crippen molar-refractivity contribution >= 4 is 0 Å². The van der Waals surface area contributed by atoms with Gasteiger partial charge < -0.3 is 15.2 Å². The standard InChI is InChI=1S/C16H26N2O2/c1-4-15(17)16(18(2)13-9-10-20-11-13)12-5-7-14(19-3)8-6-12/h5-8,13,15-16H,4,9-11,17H2,1-3H3. The summed E-state index contributed by atoms with van der Waals surface area (Å²) in [7, 11) is 3.84. The van der Waals surface area contributed by atoms with Gasteiger partial charge in [0.1, 0.15) is 5.75 Å². The van der Waals surface area contributed by atoms with Crippen LogP contribution in [0.25, 0.3) is 0 Å². The van der Waals surface area contributed by atoms with E-state index >= 15 is 0 Å². The normalized spacial score (nSPS) is 21.9. The maximum atomic E-state index is 6.37. The molecule has 112 valence electrons. The molecule has 1 aromatic carbocycles. The number of rotatable bonds is 6. The van der Waals surface area contributed by atoms with Crippen molar-refractivity contribution in [2.75, 3.05) is 27.4 Å². The largest absolute Gasteiger partial charge is 0.497 e. The number of nitrogens with two attached hydrogens (primary N) is 1. The molecule has 2 N–H and O–H groups in total. The van der Waals surface area contributed by atoms with Crippen molar-refractivity contribution in [3.8, 4) is 5.75 Å². The molecule has 0 aromatic heterocycles. The number of hydrogen-bond acceptors (Lipinski definition) is 4. The molecular weight excluding hydrogens is 252 g/mol. The van der Waals surface area contributed by atoms with Crippen LogP contribution in [-0.2, 0) is 4.74 Å². The highest BCUT2D eigenvalue weighted by atomic mass is 16.5. The first-order valence-electron chi connectivity index (χ1n) is 7.36. The van der Waals surface area contributed by atoms with Gasteiger partial charge >= 0.3 is 0 Å². The Morgan fingerprint density at radius 3 is 2.60 bits per heavy atom. The average molecular weight is 278 g/mol. The zero-order valence-electron chi connectivity index (χ0n) is 12.7. The molecule has 1 aliphatic heterocycles. The van der Waals surface area contributed by atoms with Crippen molar-refractivity contribution in [2.24, 2.45) is 5.73 Å². The van der Waals surface area contributed by atoms with Crippen molar-refractivity contribution in [1.29, 1.82) is 0 Å². The molecule has 20 heavy (non-hydrogen) atoms. The third-order valence-corrected chi connectivity index (χ3v) is 4.25. The predicted octanol–water partition coefficient (Wildman–Crippen LogP) is 2.19. The summed E-state index contributed by atoms with van der Waals surface area (Å²) in [5.74, 6) is 0.879. The summed E-state index contributed by atoms with van der Waals surface area (Å²) in [5.41, 5.74) is 7.62. The lowest BCUT2D eigenvalue weighted by molar-refractivity contribution is 0.119. The van der Waals surface area contributed by atoms with Crippen LogP contribution in [0.4, 0.5) is 0 Å². The first-order chi connectivity index (χ1) is 9.67. The minimum absolute atomic E-state index is 0.119. The van der Waals surface area contributed by atoms with Crippen LogP contribution in [0.5, 0.6) is 5.75 Å². The van der Waals surface area contributed by atoms with Gasteiger partial charge in [-0.25, -0.2) is 0 Å². The topological polar surface area (TPSA) is 47.7 Å². The summed E-state index contributed by atoms with van der Waals surface area (Å²) in [4.78, 5) is 2.38. The molecular formula is C16H26N2O2. The van der Waals surface area contributed by atoms with Gasteiger partial charge in [-0.2, -0.15) is 0 Å². The van der Waals surface area contributed by atoms with Crippen molar-refractivity contribution in [3.05, 3.63) is 29.8 Å². The molecule has 1 aromatic rings. The Bertz CT molecular complexity index is 401. The Labute approximate surface area is 121 Å². The van der Waals surface area contributed by atoms with Gasteiger partial charge in [-0.15, -0.1) is 0 Å². The fourth-order valence-corrected chi connectivity index (χ4v) is 2.88. The Morgan fingerprint density at radius 2 is 2.10 bits per heavy atom. The van der Waals surface area contributed by atoms with E-state index in [1.165, 1.54) is 5.56 Å². The predicted molar refractivity (Wildman–Crippen MR) is 81.0 cm³/mol. The van der Waals surface area contributed by atoms with Gasteiger partial charge in [-0.1, -0.05) is 19.1 Å². The molecule has 1 fully saturated rings. The van der Waals surface area contributed by atoms with Crippen LogP contribution in [0.15, 0.2) is 24.3 Å². The zero-order chi connectivity index (χ0) is 14.5. The summed E-state index contributed by atoms with van der Waals surface area (Å²) >= 11 is 0. The van der Waals surface area contributed by atoms with Gasteiger partial charge in [0.15, 0.2) is 0 Å². The van der Waals surface area contributed by atoms with Gasteiger partial charge in [0, 0.05) is 24.7 Å². The SMILES string of the molecule is CCC(N)C(c1ccc(OC)cc1)N(C)C1CCOC1. The summed E-state index contributed by atoms with van der Waals surface area (Å²) in [6, 6.07) is 9.04.